The van der Waals surface area contributed by atoms with Gasteiger partial charge in [0.05, 0.1) is 5.34 Å². The zero-order valence-electron chi connectivity index (χ0n) is 3.45. The second-order valence-corrected chi connectivity index (χ2v) is 1.14. The van der Waals surface area contributed by atoms with Crippen LogP contribution in [0.25, 0.3) is 0 Å². The first kappa shape index (κ1) is 9.54. The Labute approximate surface area is 47.2 Å². The van der Waals surface area contributed by atoms with E-state index in [1.807, 2.05) is 0 Å². The predicted octanol–water partition coefficient (Wildman–Crippen LogP) is 1.63. The number of rotatable bonds is 0. The van der Waals surface area contributed by atoms with Crippen molar-refractivity contribution in [3.63, 3.8) is 0 Å². The average molecular weight is 129 g/mol. The molecule has 0 unspecified atom stereocenters. The van der Waals surface area contributed by atoms with Crippen LogP contribution in [0.5, 0.6) is 0 Å². The fourth-order valence-corrected chi connectivity index (χ4v) is 0. The minimum absolute atomic E-state index is 0.194. The van der Waals surface area contributed by atoms with Crippen molar-refractivity contribution in [3.05, 3.63) is 0 Å². The van der Waals surface area contributed by atoms with Gasteiger partial charge < -0.3 is 4.79 Å². The van der Waals surface area contributed by atoms with Gasteiger partial charge in [-0.25, -0.2) is 0 Å². The molecular formula is C3H6Cl2O. The molecule has 0 rings (SSSR count). The molecule has 0 N–H and O–H groups in total. The number of carbonyl (C=O) groups excluding carboxylic acids is 1. The van der Waals surface area contributed by atoms with Gasteiger partial charge in [-0.15, -0.1) is 23.2 Å². The van der Waals surface area contributed by atoms with Gasteiger partial charge >= 0.3 is 0 Å². The van der Waals surface area contributed by atoms with Gasteiger partial charge in [0.15, 0.2) is 0 Å². The summed E-state index contributed by atoms with van der Waals surface area (Å²) in [5, 5.41) is 0.194. The highest BCUT2D eigenvalue weighted by molar-refractivity contribution is 6.40. The molecule has 0 saturated carbocycles. The topological polar surface area (TPSA) is 17.1 Å². The molecule has 0 aromatic rings. The van der Waals surface area contributed by atoms with Gasteiger partial charge in [-0.2, -0.15) is 0 Å². The zero-order chi connectivity index (χ0) is 5.41. The molecule has 0 aromatic heterocycles. The Balaban J connectivity index is 0. The first-order valence-corrected chi connectivity index (χ1v) is 2.42. The van der Waals surface area contributed by atoms with Crippen molar-refractivity contribution in [2.45, 2.75) is 6.92 Å². The minimum atomic E-state index is 0.194. The fourth-order valence-electron chi connectivity index (χ4n) is 0. The molecule has 0 radical (unpaired) electrons. The van der Waals surface area contributed by atoms with E-state index in [1.54, 1.807) is 0 Å². The Hall–Kier alpha value is 0.250. The highest BCUT2D eigenvalue weighted by Gasteiger charge is 1.41. The zero-order valence-corrected chi connectivity index (χ0v) is 4.96. The molecule has 0 atom stereocenters. The first-order chi connectivity index (χ1) is 2.83. The Morgan fingerprint density at radius 3 is 1.67 bits per heavy atom. The van der Waals surface area contributed by atoms with E-state index in [0.29, 0.717) is 0 Å². The highest BCUT2D eigenvalue weighted by Crippen LogP contribution is 1.73. The maximum Gasteiger partial charge on any atom is 0.116 e. The molecule has 0 amide bonds. The van der Waals surface area contributed by atoms with Crippen molar-refractivity contribution in [1.29, 1.82) is 0 Å². The molecule has 0 saturated heterocycles. The molecule has 0 bridgehead atoms. The molecule has 38 valence electrons. The average Bonchev–Trinajstić information content (AvgIpc) is 1.39. The minimum Gasteiger partial charge on any atom is -0.304 e. The van der Waals surface area contributed by atoms with Crippen molar-refractivity contribution in [2.75, 3.05) is 5.34 Å². The standard InChI is InChI=1S/C2H4O.CH2Cl2/c1-2-3;2-1-3/h2H,1H3;1H2. The van der Waals surface area contributed by atoms with E-state index < -0.39 is 0 Å². The smallest absolute Gasteiger partial charge is 0.116 e. The summed E-state index contributed by atoms with van der Waals surface area (Å²) >= 11 is 9.53. The molecule has 0 fully saturated rings. The molecule has 0 spiro atoms. The fraction of sp³-hybridized carbons (Fsp3) is 0.667. The SMILES string of the molecule is CC=O.ClCCl. The van der Waals surface area contributed by atoms with Gasteiger partial charge in [-0.3, -0.25) is 0 Å². The predicted molar refractivity (Wildman–Crippen MR) is 28.3 cm³/mol. The van der Waals surface area contributed by atoms with Crippen LogP contribution in [-0.4, -0.2) is 11.6 Å². The summed E-state index contributed by atoms with van der Waals surface area (Å²) in [6.45, 7) is 1.44. The van der Waals surface area contributed by atoms with Gasteiger partial charge in [0, 0.05) is 0 Å². The summed E-state index contributed by atoms with van der Waals surface area (Å²) in [7, 11) is 0. The third-order valence-electron chi connectivity index (χ3n) is 0. The summed E-state index contributed by atoms with van der Waals surface area (Å²) in [5.41, 5.74) is 0. The van der Waals surface area contributed by atoms with Gasteiger partial charge in [-0.1, -0.05) is 0 Å². The lowest BCUT2D eigenvalue weighted by Gasteiger charge is -1.42. The molecule has 1 nitrogen and oxygen atoms in total. The van der Waals surface area contributed by atoms with Crippen LogP contribution in [0.4, 0.5) is 0 Å². The highest BCUT2D eigenvalue weighted by atomic mass is 35.5. The maximum atomic E-state index is 8.81. The van der Waals surface area contributed by atoms with Crippen LogP contribution >= 0.6 is 23.2 Å². The van der Waals surface area contributed by atoms with Crippen LogP contribution in [0.2, 0.25) is 0 Å². The Kier molecular flexibility index (Phi) is 29.8. The molecule has 0 aliphatic heterocycles. The van der Waals surface area contributed by atoms with Crippen molar-refractivity contribution in [3.8, 4) is 0 Å². The Bertz CT molecular complexity index is 22.8. The maximum absolute atomic E-state index is 8.81. The van der Waals surface area contributed by atoms with Gasteiger partial charge in [0.1, 0.15) is 6.29 Å². The van der Waals surface area contributed by atoms with Crippen molar-refractivity contribution in [2.24, 2.45) is 0 Å². The molecule has 0 aromatic carbocycles. The van der Waals surface area contributed by atoms with Crippen molar-refractivity contribution >= 4 is 29.5 Å². The number of alkyl halides is 2. The lowest BCUT2D eigenvalue weighted by Crippen LogP contribution is -1.36. The van der Waals surface area contributed by atoms with Crippen molar-refractivity contribution < 1.29 is 4.79 Å². The quantitative estimate of drug-likeness (QED) is 0.358. The normalized spacial score (nSPS) is 5.17. The van der Waals surface area contributed by atoms with E-state index >= 15 is 0 Å². The van der Waals surface area contributed by atoms with Gasteiger partial charge in [0.2, 0.25) is 0 Å². The van der Waals surface area contributed by atoms with Crippen LogP contribution in [0.15, 0.2) is 0 Å². The number of halogens is 2. The van der Waals surface area contributed by atoms with E-state index in [-0.39, 0.29) is 5.34 Å². The Morgan fingerprint density at radius 2 is 1.67 bits per heavy atom. The number of hydrogen-bond acceptors (Lipinski definition) is 1. The first-order valence-electron chi connectivity index (χ1n) is 1.35. The van der Waals surface area contributed by atoms with Crippen LogP contribution in [-0.2, 0) is 4.79 Å². The summed E-state index contributed by atoms with van der Waals surface area (Å²) in [4.78, 5) is 8.81. The monoisotopic (exact) mass is 128 g/mol. The van der Waals surface area contributed by atoms with Crippen LogP contribution in [0.3, 0.4) is 0 Å². The van der Waals surface area contributed by atoms with Gasteiger partial charge in [0.25, 0.3) is 0 Å². The van der Waals surface area contributed by atoms with Crippen LogP contribution in [0.1, 0.15) is 6.92 Å². The van der Waals surface area contributed by atoms with E-state index in [2.05, 4.69) is 0 Å². The van der Waals surface area contributed by atoms with E-state index in [0.717, 1.165) is 6.29 Å². The summed E-state index contributed by atoms with van der Waals surface area (Å²) < 4.78 is 0. The molecule has 3 heteroatoms. The van der Waals surface area contributed by atoms with Gasteiger partial charge in [-0.05, 0) is 6.92 Å². The molecule has 6 heavy (non-hydrogen) atoms. The molecule has 0 aliphatic carbocycles. The van der Waals surface area contributed by atoms with Crippen LogP contribution < -0.4 is 0 Å². The lowest BCUT2D eigenvalue weighted by molar-refractivity contribution is -0.106. The van der Waals surface area contributed by atoms with E-state index in [4.69, 9.17) is 28.0 Å². The summed E-state index contributed by atoms with van der Waals surface area (Å²) in [5.74, 6) is 0. The molecule has 0 aliphatic rings. The molecular weight excluding hydrogens is 123 g/mol. The van der Waals surface area contributed by atoms with E-state index in [9.17, 15) is 0 Å². The number of carbonyl (C=O) groups is 1. The summed E-state index contributed by atoms with van der Waals surface area (Å²) in [6, 6.07) is 0. The lowest BCUT2D eigenvalue weighted by atomic mass is 11.0. The third kappa shape index (κ3) is 718. The largest absolute Gasteiger partial charge is 0.304 e. The Morgan fingerprint density at radius 1 is 1.67 bits per heavy atom. The third-order valence-corrected chi connectivity index (χ3v) is 0. The second kappa shape index (κ2) is 18.7. The second-order valence-electron chi connectivity index (χ2n) is 0.337. The van der Waals surface area contributed by atoms with Crippen molar-refractivity contribution in [1.82, 2.24) is 0 Å². The molecule has 0 heterocycles. The van der Waals surface area contributed by atoms with Crippen LogP contribution in [0, 0.1) is 0 Å². The summed E-state index contributed by atoms with van der Waals surface area (Å²) in [6.07, 6.45) is 0.750. The number of hydrogen-bond donors (Lipinski definition) is 0. The van der Waals surface area contributed by atoms with E-state index in [1.165, 1.54) is 6.92 Å². The number of aldehydes is 1.